The Bertz CT molecular complexity index is 537. The second-order valence-electron chi connectivity index (χ2n) is 3.72. The van der Waals surface area contributed by atoms with Gasteiger partial charge in [-0.05, 0) is 29.8 Å². The van der Waals surface area contributed by atoms with Gasteiger partial charge in [0.25, 0.3) is 0 Å². The van der Waals surface area contributed by atoms with Gasteiger partial charge in [-0.2, -0.15) is 0 Å². The first-order valence-corrected chi connectivity index (χ1v) is 6.69. The van der Waals surface area contributed by atoms with Crippen molar-refractivity contribution in [3.8, 4) is 0 Å². The molecule has 1 amide bonds. The Hall–Kier alpha value is -1.94. The van der Waals surface area contributed by atoms with E-state index in [9.17, 15) is 9.00 Å². The maximum atomic E-state index is 12.2. The Morgan fingerprint density at radius 3 is 2.17 bits per heavy atom. The molecule has 0 bridgehead atoms. The highest BCUT2D eigenvalue weighted by atomic mass is 32.2. The van der Waals surface area contributed by atoms with Crippen molar-refractivity contribution in [3.63, 3.8) is 0 Å². The van der Waals surface area contributed by atoms with E-state index in [1.807, 2.05) is 54.6 Å². The quantitative estimate of drug-likeness (QED) is 0.836. The van der Waals surface area contributed by atoms with Crippen LogP contribution in [0.15, 0.2) is 64.4 Å². The molecule has 0 heterocycles. The summed E-state index contributed by atoms with van der Waals surface area (Å²) < 4.78 is 12.2. The molecule has 0 aliphatic rings. The molecule has 1 N–H and O–H groups in total. The predicted molar refractivity (Wildman–Crippen MR) is 70.5 cm³/mol. The molecular formula is C14H13NO2S. The first-order chi connectivity index (χ1) is 8.81. The van der Waals surface area contributed by atoms with Gasteiger partial charge >= 0.3 is 0 Å². The maximum absolute atomic E-state index is 12.2. The summed E-state index contributed by atoms with van der Waals surface area (Å²) in [6.07, 6.45) is 0.663. The van der Waals surface area contributed by atoms with Crippen LogP contribution in [0, 0.1) is 0 Å². The van der Waals surface area contributed by atoms with Gasteiger partial charge in [-0.25, -0.2) is 4.21 Å². The van der Waals surface area contributed by atoms with E-state index in [0.717, 1.165) is 15.4 Å². The van der Waals surface area contributed by atoms with E-state index in [0.29, 0.717) is 13.0 Å². The minimum Gasteiger partial charge on any atom is -0.355 e. The maximum Gasteiger partial charge on any atom is 0.207 e. The average Bonchev–Trinajstić information content (AvgIpc) is 2.46. The van der Waals surface area contributed by atoms with Crippen LogP contribution in [0.4, 0.5) is 0 Å². The van der Waals surface area contributed by atoms with Crippen LogP contribution in [0.1, 0.15) is 5.56 Å². The van der Waals surface area contributed by atoms with Gasteiger partial charge in [-0.15, -0.1) is 0 Å². The number of hydrogen-bond acceptors (Lipinski definition) is 2. The van der Waals surface area contributed by atoms with E-state index in [1.54, 1.807) is 0 Å². The molecule has 18 heavy (non-hydrogen) atoms. The van der Waals surface area contributed by atoms with Crippen molar-refractivity contribution in [2.24, 2.45) is 0 Å². The van der Waals surface area contributed by atoms with Gasteiger partial charge in [0.05, 0.1) is 10.8 Å². The van der Waals surface area contributed by atoms with Crippen LogP contribution in [-0.4, -0.2) is 10.6 Å². The minimum atomic E-state index is -1.15. The topological polar surface area (TPSA) is 46.2 Å². The van der Waals surface area contributed by atoms with E-state index < -0.39 is 10.8 Å². The number of carbonyl (C=O) groups is 1. The smallest absolute Gasteiger partial charge is 0.207 e. The summed E-state index contributed by atoms with van der Waals surface area (Å²) in [6.45, 7) is 0.488. The van der Waals surface area contributed by atoms with E-state index in [4.69, 9.17) is 0 Å². The lowest BCUT2D eigenvalue weighted by Crippen LogP contribution is -2.09. The molecule has 0 radical (unpaired) electrons. The molecule has 0 spiro atoms. The van der Waals surface area contributed by atoms with Crippen molar-refractivity contribution in [1.82, 2.24) is 5.32 Å². The van der Waals surface area contributed by atoms with Crippen molar-refractivity contribution in [3.05, 3.63) is 60.2 Å². The van der Waals surface area contributed by atoms with Crippen LogP contribution in [0.3, 0.4) is 0 Å². The number of carbonyl (C=O) groups excluding carboxylic acids is 1. The van der Waals surface area contributed by atoms with Crippen LogP contribution in [-0.2, 0) is 22.1 Å². The molecule has 3 nitrogen and oxygen atoms in total. The molecule has 4 heteroatoms. The van der Waals surface area contributed by atoms with E-state index in [1.165, 1.54) is 0 Å². The fraction of sp³-hybridized carbons (Fsp3) is 0.0714. The monoisotopic (exact) mass is 259 g/mol. The summed E-state index contributed by atoms with van der Waals surface area (Å²) in [5.74, 6) is 0. The van der Waals surface area contributed by atoms with E-state index in [2.05, 4.69) is 5.32 Å². The Labute approximate surface area is 108 Å². The van der Waals surface area contributed by atoms with Crippen molar-refractivity contribution in [2.45, 2.75) is 16.3 Å². The Morgan fingerprint density at radius 1 is 0.944 bits per heavy atom. The predicted octanol–water partition coefficient (Wildman–Crippen LogP) is 2.10. The second-order valence-corrected chi connectivity index (χ2v) is 5.20. The lowest BCUT2D eigenvalue weighted by atomic mass is 10.2. The Morgan fingerprint density at radius 2 is 1.56 bits per heavy atom. The summed E-state index contributed by atoms with van der Waals surface area (Å²) in [7, 11) is -1.15. The standard InChI is InChI=1S/C14H13NO2S/c16-11-15-10-12-6-8-14(9-7-12)18(17)13-4-2-1-3-5-13/h1-9,11H,10H2,(H,15,16). The number of rotatable bonds is 5. The van der Waals surface area contributed by atoms with Crippen LogP contribution < -0.4 is 5.32 Å². The summed E-state index contributed by atoms with van der Waals surface area (Å²) in [6, 6.07) is 16.7. The third-order valence-electron chi connectivity index (χ3n) is 2.48. The zero-order chi connectivity index (χ0) is 12.8. The molecule has 2 rings (SSSR count). The van der Waals surface area contributed by atoms with Gasteiger partial charge in [0.2, 0.25) is 6.41 Å². The summed E-state index contributed by atoms with van der Waals surface area (Å²) in [4.78, 5) is 11.7. The molecule has 2 aromatic carbocycles. The molecule has 0 fully saturated rings. The molecule has 0 aliphatic carbocycles. The summed E-state index contributed by atoms with van der Waals surface area (Å²) >= 11 is 0. The van der Waals surface area contributed by atoms with Crippen LogP contribution in [0.2, 0.25) is 0 Å². The van der Waals surface area contributed by atoms with Gasteiger partial charge in [0.15, 0.2) is 0 Å². The highest BCUT2D eigenvalue weighted by Crippen LogP contribution is 2.16. The highest BCUT2D eigenvalue weighted by Gasteiger charge is 2.05. The lowest BCUT2D eigenvalue weighted by molar-refractivity contribution is -0.109. The summed E-state index contributed by atoms with van der Waals surface area (Å²) in [5.41, 5.74) is 0.982. The molecule has 0 aromatic heterocycles. The van der Waals surface area contributed by atoms with Gasteiger partial charge in [-0.3, -0.25) is 4.79 Å². The van der Waals surface area contributed by atoms with E-state index >= 15 is 0 Å². The van der Waals surface area contributed by atoms with Crippen molar-refractivity contribution >= 4 is 17.2 Å². The van der Waals surface area contributed by atoms with Crippen LogP contribution in [0.5, 0.6) is 0 Å². The third-order valence-corrected chi connectivity index (χ3v) is 3.88. The number of amides is 1. The molecule has 1 atom stereocenters. The molecule has 0 saturated carbocycles. The normalized spacial score (nSPS) is 11.8. The van der Waals surface area contributed by atoms with Gasteiger partial charge in [-0.1, -0.05) is 30.3 Å². The molecule has 1 unspecified atom stereocenters. The second kappa shape index (κ2) is 6.12. The third kappa shape index (κ3) is 3.05. The number of benzene rings is 2. The molecule has 92 valence electrons. The summed E-state index contributed by atoms with van der Waals surface area (Å²) in [5, 5.41) is 2.59. The van der Waals surface area contributed by atoms with Crippen molar-refractivity contribution < 1.29 is 9.00 Å². The Kier molecular flexibility index (Phi) is 4.25. The molecule has 0 aliphatic heterocycles. The van der Waals surface area contributed by atoms with Crippen molar-refractivity contribution in [2.75, 3.05) is 0 Å². The highest BCUT2D eigenvalue weighted by molar-refractivity contribution is 7.85. The largest absolute Gasteiger partial charge is 0.355 e. The molecular weight excluding hydrogens is 246 g/mol. The average molecular weight is 259 g/mol. The molecule has 2 aromatic rings. The lowest BCUT2D eigenvalue weighted by Gasteiger charge is -2.04. The Balaban J connectivity index is 2.14. The number of nitrogens with one attached hydrogen (secondary N) is 1. The fourth-order valence-electron chi connectivity index (χ4n) is 1.57. The number of hydrogen-bond donors (Lipinski definition) is 1. The molecule has 0 saturated heterocycles. The van der Waals surface area contributed by atoms with E-state index in [-0.39, 0.29) is 0 Å². The van der Waals surface area contributed by atoms with Crippen LogP contribution in [0.25, 0.3) is 0 Å². The van der Waals surface area contributed by atoms with Crippen LogP contribution >= 0.6 is 0 Å². The van der Waals surface area contributed by atoms with Gasteiger partial charge < -0.3 is 5.32 Å². The zero-order valence-electron chi connectivity index (χ0n) is 9.71. The zero-order valence-corrected chi connectivity index (χ0v) is 10.5. The van der Waals surface area contributed by atoms with Gasteiger partial charge in [0.1, 0.15) is 0 Å². The SMILES string of the molecule is O=CNCc1ccc(S(=O)c2ccccc2)cc1. The van der Waals surface area contributed by atoms with Gasteiger partial charge in [0, 0.05) is 16.3 Å². The first-order valence-electron chi connectivity index (χ1n) is 5.54. The van der Waals surface area contributed by atoms with Crippen molar-refractivity contribution in [1.29, 1.82) is 0 Å². The fourth-order valence-corrected chi connectivity index (χ4v) is 2.63. The minimum absolute atomic E-state index is 0.488. The first kappa shape index (κ1) is 12.5.